The van der Waals surface area contributed by atoms with E-state index in [2.05, 4.69) is 25.8 Å². The van der Waals surface area contributed by atoms with Crippen LogP contribution in [0, 0.1) is 5.92 Å². The maximum absolute atomic E-state index is 5.60. The highest BCUT2D eigenvalue weighted by atomic mass is 79.9. The highest BCUT2D eigenvalue weighted by Crippen LogP contribution is 2.28. The van der Waals surface area contributed by atoms with E-state index in [1.165, 1.54) is 12.8 Å². The summed E-state index contributed by atoms with van der Waals surface area (Å²) in [5, 5.41) is 0. The summed E-state index contributed by atoms with van der Waals surface area (Å²) in [6, 6.07) is 4.00. The van der Waals surface area contributed by atoms with Crippen molar-refractivity contribution < 1.29 is 0 Å². The van der Waals surface area contributed by atoms with Crippen LogP contribution in [0.4, 0.5) is 5.82 Å². The van der Waals surface area contributed by atoms with Gasteiger partial charge in [0.2, 0.25) is 0 Å². The topological polar surface area (TPSA) is 42.1 Å². The number of halogens is 1. The molecule has 1 saturated heterocycles. The van der Waals surface area contributed by atoms with E-state index in [4.69, 9.17) is 5.73 Å². The number of aromatic nitrogens is 1. The molecular formula is C12H18BrN3. The molecule has 0 spiro atoms. The zero-order valence-electron chi connectivity index (χ0n) is 9.40. The first-order valence-electron chi connectivity index (χ1n) is 5.87. The Labute approximate surface area is 105 Å². The predicted molar refractivity (Wildman–Crippen MR) is 70.5 cm³/mol. The lowest BCUT2D eigenvalue weighted by atomic mass is 9.94. The van der Waals surface area contributed by atoms with Gasteiger partial charge >= 0.3 is 0 Å². The van der Waals surface area contributed by atoms with Crippen molar-refractivity contribution in [1.29, 1.82) is 0 Å². The predicted octanol–water partition coefficient (Wildman–Crippen LogP) is 2.41. The van der Waals surface area contributed by atoms with E-state index < -0.39 is 0 Å². The summed E-state index contributed by atoms with van der Waals surface area (Å²) >= 11 is 3.55. The van der Waals surface area contributed by atoms with E-state index in [9.17, 15) is 0 Å². The molecule has 4 heteroatoms. The van der Waals surface area contributed by atoms with Gasteiger partial charge in [0.15, 0.2) is 0 Å². The Hall–Kier alpha value is -0.610. The molecule has 1 fully saturated rings. The number of nitrogens with two attached hydrogens (primary N) is 1. The maximum atomic E-state index is 5.60. The van der Waals surface area contributed by atoms with Gasteiger partial charge in [-0.1, -0.05) is 0 Å². The fraction of sp³-hybridized carbons (Fsp3) is 0.583. The summed E-state index contributed by atoms with van der Waals surface area (Å²) in [5.74, 6) is 1.89. The molecule has 0 atom stereocenters. The first-order valence-corrected chi connectivity index (χ1v) is 6.66. The molecule has 0 aromatic carbocycles. The zero-order valence-corrected chi connectivity index (χ0v) is 11.0. The first-order chi connectivity index (χ1) is 7.81. The van der Waals surface area contributed by atoms with Crippen LogP contribution < -0.4 is 10.6 Å². The number of rotatable bonds is 3. The summed E-state index contributed by atoms with van der Waals surface area (Å²) in [6.45, 7) is 3.01. The molecule has 0 aliphatic carbocycles. The third-order valence-electron chi connectivity index (χ3n) is 3.23. The van der Waals surface area contributed by atoms with Gasteiger partial charge in [-0.15, -0.1) is 0 Å². The molecule has 2 rings (SSSR count). The Bertz CT molecular complexity index is 335. The number of hydrogen-bond donors (Lipinski definition) is 1. The van der Waals surface area contributed by atoms with E-state index in [-0.39, 0.29) is 0 Å². The monoisotopic (exact) mass is 283 g/mol. The maximum Gasteiger partial charge on any atom is 0.142 e. The lowest BCUT2D eigenvalue weighted by Gasteiger charge is -2.33. The molecule has 1 aromatic heterocycles. The molecule has 0 saturated carbocycles. The molecule has 1 aliphatic rings. The summed E-state index contributed by atoms with van der Waals surface area (Å²) in [7, 11) is 0. The molecule has 88 valence electrons. The van der Waals surface area contributed by atoms with Crippen molar-refractivity contribution in [1.82, 2.24) is 4.98 Å². The molecule has 0 radical (unpaired) electrons. The van der Waals surface area contributed by atoms with Crippen LogP contribution >= 0.6 is 15.9 Å². The molecule has 1 aromatic rings. The molecule has 0 bridgehead atoms. The van der Waals surface area contributed by atoms with E-state index in [0.29, 0.717) is 0 Å². The number of pyridine rings is 1. The number of piperidine rings is 1. The van der Waals surface area contributed by atoms with Gasteiger partial charge in [0.05, 0.1) is 4.47 Å². The van der Waals surface area contributed by atoms with E-state index in [0.717, 1.165) is 42.3 Å². The Balaban J connectivity index is 1.96. The fourth-order valence-electron chi connectivity index (χ4n) is 2.28. The van der Waals surface area contributed by atoms with Gasteiger partial charge in [-0.25, -0.2) is 4.98 Å². The Morgan fingerprint density at radius 1 is 1.44 bits per heavy atom. The Kier molecular flexibility index (Phi) is 4.18. The Morgan fingerprint density at radius 3 is 2.81 bits per heavy atom. The standard InChI is InChI=1S/C12H18BrN3/c13-11-2-1-7-15-12(11)16-8-4-10(3-6-14)5-9-16/h1-2,7,10H,3-6,8-9,14H2. The number of hydrogen-bond acceptors (Lipinski definition) is 3. The molecule has 16 heavy (non-hydrogen) atoms. The average molecular weight is 284 g/mol. The lowest BCUT2D eigenvalue weighted by molar-refractivity contribution is 0.385. The fourth-order valence-corrected chi connectivity index (χ4v) is 2.78. The van der Waals surface area contributed by atoms with Crippen molar-refractivity contribution in [2.45, 2.75) is 19.3 Å². The van der Waals surface area contributed by atoms with Gasteiger partial charge in [-0.3, -0.25) is 0 Å². The second kappa shape index (κ2) is 5.64. The van der Waals surface area contributed by atoms with Gasteiger partial charge in [0.25, 0.3) is 0 Å². The molecule has 1 aliphatic heterocycles. The molecule has 2 N–H and O–H groups in total. The highest BCUT2D eigenvalue weighted by Gasteiger charge is 2.20. The lowest BCUT2D eigenvalue weighted by Crippen LogP contribution is -2.35. The van der Waals surface area contributed by atoms with Crippen LogP contribution in [0.25, 0.3) is 0 Å². The third kappa shape index (κ3) is 2.74. The summed E-state index contributed by atoms with van der Waals surface area (Å²) in [5.41, 5.74) is 5.60. The SMILES string of the molecule is NCCC1CCN(c2ncccc2Br)CC1. The van der Waals surface area contributed by atoms with Crippen molar-refractivity contribution in [2.24, 2.45) is 11.7 Å². The van der Waals surface area contributed by atoms with Crippen molar-refractivity contribution in [2.75, 3.05) is 24.5 Å². The van der Waals surface area contributed by atoms with E-state index >= 15 is 0 Å². The molecule has 0 amide bonds. The quantitative estimate of drug-likeness (QED) is 0.926. The van der Waals surface area contributed by atoms with E-state index in [1.807, 2.05) is 18.3 Å². The average Bonchev–Trinajstić information content (AvgIpc) is 2.31. The van der Waals surface area contributed by atoms with Crippen LogP contribution in [-0.2, 0) is 0 Å². The smallest absolute Gasteiger partial charge is 0.142 e. The van der Waals surface area contributed by atoms with E-state index in [1.54, 1.807) is 0 Å². The van der Waals surface area contributed by atoms with Gasteiger partial charge < -0.3 is 10.6 Å². The molecule has 0 unspecified atom stereocenters. The highest BCUT2D eigenvalue weighted by molar-refractivity contribution is 9.10. The van der Waals surface area contributed by atoms with Crippen LogP contribution in [0.3, 0.4) is 0 Å². The normalized spacial score (nSPS) is 17.8. The Morgan fingerprint density at radius 2 is 2.19 bits per heavy atom. The number of nitrogens with zero attached hydrogens (tertiary/aromatic N) is 2. The van der Waals surface area contributed by atoms with Gasteiger partial charge in [-0.2, -0.15) is 0 Å². The van der Waals surface area contributed by atoms with Gasteiger partial charge in [-0.05, 0) is 59.8 Å². The van der Waals surface area contributed by atoms with Crippen LogP contribution in [0.1, 0.15) is 19.3 Å². The summed E-state index contributed by atoms with van der Waals surface area (Å²) < 4.78 is 1.09. The second-order valence-electron chi connectivity index (χ2n) is 4.32. The van der Waals surface area contributed by atoms with Crippen molar-refractivity contribution >= 4 is 21.7 Å². The minimum atomic E-state index is 0.809. The third-order valence-corrected chi connectivity index (χ3v) is 3.85. The zero-order chi connectivity index (χ0) is 11.4. The van der Waals surface area contributed by atoms with Crippen LogP contribution in [0.2, 0.25) is 0 Å². The van der Waals surface area contributed by atoms with Crippen LogP contribution in [-0.4, -0.2) is 24.6 Å². The minimum absolute atomic E-state index is 0.809. The summed E-state index contributed by atoms with van der Waals surface area (Å²) in [4.78, 5) is 6.79. The van der Waals surface area contributed by atoms with Crippen LogP contribution in [0.5, 0.6) is 0 Å². The van der Waals surface area contributed by atoms with Gasteiger partial charge in [0, 0.05) is 19.3 Å². The van der Waals surface area contributed by atoms with Crippen molar-refractivity contribution in [3.05, 3.63) is 22.8 Å². The van der Waals surface area contributed by atoms with Crippen molar-refractivity contribution in [3.63, 3.8) is 0 Å². The number of anilines is 1. The van der Waals surface area contributed by atoms with Gasteiger partial charge in [0.1, 0.15) is 5.82 Å². The van der Waals surface area contributed by atoms with Crippen LogP contribution in [0.15, 0.2) is 22.8 Å². The molecular weight excluding hydrogens is 266 g/mol. The second-order valence-corrected chi connectivity index (χ2v) is 5.17. The molecule has 2 heterocycles. The molecule has 3 nitrogen and oxygen atoms in total. The largest absolute Gasteiger partial charge is 0.356 e. The summed E-state index contributed by atoms with van der Waals surface area (Å²) in [6.07, 6.45) is 5.49. The first kappa shape index (κ1) is 11.9. The van der Waals surface area contributed by atoms with Crippen molar-refractivity contribution in [3.8, 4) is 0 Å². The minimum Gasteiger partial charge on any atom is -0.356 e.